The zero-order chi connectivity index (χ0) is 22.1. The lowest BCUT2D eigenvalue weighted by Gasteiger charge is -2.21. The number of carbonyl (C=O) groups excluding carboxylic acids is 1. The first kappa shape index (κ1) is 24.1. The molecule has 0 N–H and O–H groups in total. The van der Waals surface area contributed by atoms with Gasteiger partial charge in [-0.2, -0.15) is 28.8 Å². The average molecular weight is 477 g/mol. The predicted octanol–water partition coefficient (Wildman–Crippen LogP) is 5.10. The number of unbranched alkanes of at least 4 members (excludes halogenated alkanes) is 1. The largest absolute Gasteiger partial charge is 0.459 e. The van der Waals surface area contributed by atoms with E-state index in [2.05, 4.69) is 24.5 Å². The van der Waals surface area contributed by atoms with Crippen LogP contribution in [0, 0.1) is 11.3 Å². The zero-order valence-electron chi connectivity index (χ0n) is 17.8. The SMILES string of the molecule is C=C1CSCC(OCCOC(=O)C(C#N)=C2Sc3ccccc3N2CCCC)CSC1. The number of nitrogens with zero attached hydrogens (tertiary/aromatic N) is 2. The molecule has 2 aliphatic heterocycles. The quantitative estimate of drug-likeness (QED) is 0.169. The van der Waals surface area contributed by atoms with E-state index < -0.39 is 5.97 Å². The number of hydrogen-bond acceptors (Lipinski definition) is 8. The highest BCUT2D eigenvalue weighted by Crippen LogP contribution is 2.47. The van der Waals surface area contributed by atoms with Gasteiger partial charge in [0.2, 0.25) is 0 Å². The highest BCUT2D eigenvalue weighted by Gasteiger charge is 2.30. The number of anilines is 1. The molecule has 0 saturated carbocycles. The molecule has 1 fully saturated rings. The maximum atomic E-state index is 12.7. The second kappa shape index (κ2) is 12.5. The molecule has 1 saturated heterocycles. The standard InChI is InChI=1S/C23H28N2O3S3/c1-3-4-9-25-20-7-5-6-8-21(20)31-22(25)19(12-24)23(26)28-11-10-27-18-15-29-13-17(2)14-30-16-18/h5-8,18H,2-4,9-11,13-16H2,1H3. The normalized spacial score (nSPS) is 18.7. The van der Waals surface area contributed by atoms with Crippen LogP contribution in [0.2, 0.25) is 0 Å². The van der Waals surface area contributed by atoms with Crippen molar-refractivity contribution in [2.75, 3.05) is 47.7 Å². The van der Waals surface area contributed by atoms with Crippen LogP contribution in [0.4, 0.5) is 5.69 Å². The summed E-state index contributed by atoms with van der Waals surface area (Å²) in [5.74, 6) is 3.18. The van der Waals surface area contributed by atoms with Gasteiger partial charge in [-0.1, -0.05) is 49.4 Å². The summed E-state index contributed by atoms with van der Waals surface area (Å²) in [6.45, 7) is 7.42. The van der Waals surface area contributed by atoms with E-state index in [0.717, 1.165) is 53.0 Å². The number of thioether (sulfide) groups is 3. The molecule has 0 amide bonds. The van der Waals surface area contributed by atoms with Gasteiger partial charge in [0, 0.05) is 34.5 Å². The van der Waals surface area contributed by atoms with E-state index in [0.29, 0.717) is 11.6 Å². The fourth-order valence-electron chi connectivity index (χ4n) is 3.22. The van der Waals surface area contributed by atoms with Gasteiger partial charge in [0.15, 0.2) is 5.57 Å². The van der Waals surface area contributed by atoms with E-state index in [4.69, 9.17) is 9.47 Å². The summed E-state index contributed by atoms with van der Waals surface area (Å²) < 4.78 is 11.3. The van der Waals surface area contributed by atoms with E-state index in [1.165, 1.54) is 17.3 Å². The zero-order valence-corrected chi connectivity index (χ0v) is 20.3. The lowest BCUT2D eigenvalue weighted by atomic mass is 10.2. The Bertz CT molecular complexity index is 854. The molecule has 0 bridgehead atoms. The van der Waals surface area contributed by atoms with Gasteiger partial charge in [-0.25, -0.2) is 4.79 Å². The highest BCUT2D eigenvalue weighted by atomic mass is 32.2. The highest BCUT2D eigenvalue weighted by molar-refractivity contribution is 8.03. The van der Waals surface area contributed by atoms with Crippen LogP contribution in [0.3, 0.4) is 0 Å². The summed E-state index contributed by atoms with van der Waals surface area (Å²) >= 11 is 5.12. The molecule has 0 aliphatic carbocycles. The number of fused-ring (bicyclic) bond motifs is 1. The van der Waals surface area contributed by atoms with E-state index in [1.54, 1.807) is 0 Å². The van der Waals surface area contributed by atoms with Crippen molar-refractivity contribution in [1.29, 1.82) is 5.26 Å². The third-order valence-electron chi connectivity index (χ3n) is 4.76. The number of nitriles is 1. The van der Waals surface area contributed by atoms with Crippen LogP contribution >= 0.6 is 35.3 Å². The number of rotatable bonds is 8. The molecule has 0 radical (unpaired) electrons. The summed E-state index contributed by atoms with van der Waals surface area (Å²) in [5, 5.41) is 10.4. The summed E-state index contributed by atoms with van der Waals surface area (Å²) in [6.07, 6.45) is 2.15. The van der Waals surface area contributed by atoms with E-state index in [-0.39, 0.29) is 18.3 Å². The van der Waals surface area contributed by atoms with Crippen molar-refractivity contribution in [2.45, 2.75) is 30.8 Å². The van der Waals surface area contributed by atoms with Crippen molar-refractivity contribution >= 4 is 46.9 Å². The van der Waals surface area contributed by atoms with Crippen molar-refractivity contribution in [3.05, 3.63) is 47.0 Å². The third-order valence-corrected chi connectivity index (χ3v) is 8.39. The van der Waals surface area contributed by atoms with Gasteiger partial charge in [0.05, 0.1) is 18.4 Å². The summed E-state index contributed by atoms with van der Waals surface area (Å²) in [5.41, 5.74) is 2.37. The van der Waals surface area contributed by atoms with E-state index in [1.807, 2.05) is 47.8 Å². The number of hydrogen-bond donors (Lipinski definition) is 0. The molecule has 0 spiro atoms. The topological polar surface area (TPSA) is 62.6 Å². The first-order chi connectivity index (χ1) is 15.1. The van der Waals surface area contributed by atoms with Gasteiger partial charge < -0.3 is 14.4 Å². The van der Waals surface area contributed by atoms with Crippen LogP contribution in [0.1, 0.15) is 19.8 Å². The Morgan fingerprint density at radius 3 is 2.71 bits per heavy atom. The van der Waals surface area contributed by atoms with Crippen LogP contribution in [-0.2, 0) is 14.3 Å². The Labute approximate surface area is 197 Å². The maximum absolute atomic E-state index is 12.7. The Hall–Kier alpha value is -1.53. The van der Waals surface area contributed by atoms with Gasteiger partial charge in [-0.3, -0.25) is 0 Å². The molecule has 166 valence electrons. The Morgan fingerprint density at radius 1 is 1.26 bits per heavy atom. The van der Waals surface area contributed by atoms with E-state index >= 15 is 0 Å². The Balaban J connectivity index is 1.57. The molecule has 2 aliphatic rings. The number of carbonyl (C=O) groups is 1. The van der Waals surface area contributed by atoms with Crippen LogP contribution in [0.15, 0.2) is 51.9 Å². The molecule has 1 aromatic carbocycles. The van der Waals surface area contributed by atoms with Gasteiger partial charge in [0.1, 0.15) is 17.7 Å². The molecule has 1 aromatic rings. The van der Waals surface area contributed by atoms with Gasteiger partial charge >= 0.3 is 5.97 Å². The fourth-order valence-corrected chi connectivity index (χ4v) is 6.63. The average Bonchev–Trinajstić information content (AvgIpc) is 3.11. The molecule has 5 nitrogen and oxygen atoms in total. The van der Waals surface area contributed by atoms with Gasteiger partial charge in [-0.15, -0.1) is 0 Å². The molecule has 31 heavy (non-hydrogen) atoms. The second-order valence-electron chi connectivity index (χ2n) is 7.28. The monoisotopic (exact) mass is 476 g/mol. The minimum Gasteiger partial charge on any atom is -0.459 e. The molecule has 2 heterocycles. The van der Waals surface area contributed by atoms with Crippen LogP contribution < -0.4 is 4.90 Å². The predicted molar refractivity (Wildman–Crippen MR) is 132 cm³/mol. The van der Waals surface area contributed by atoms with Crippen LogP contribution in [0.5, 0.6) is 0 Å². The van der Waals surface area contributed by atoms with Crippen molar-refractivity contribution < 1.29 is 14.3 Å². The van der Waals surface area contributed by atoms with E-state index in [9.17, 15) is 10.1 Å². The summed E-state index contributed by atoms with van der Waals surface area (Å²) in [7, 11) is 0. The molecule has 0 unspecified atom stereocenters. The number of para-hydroxylation sites is 1. The smallest absolute Gasteiger partial charge is 0.351 e. The Morgan fingerprint density at radius 2 is 2.00 bits per heavy atom. The number of ether oxygens (including phenoxy) is 2. The van der Waals surface area contributed by atoms with Crippen molar-refractivity contribution in [1.82, 2.24) is 0 Å². The molecular weight excluding hydrogens is 448 g/mol. The first-order valence-corrected chi connectivity index (χ1v) is 13.6. The van der Waals surface area contributed by atoms with Gasteiger partial charge in [0.25, 0.3) is 0 Å². The van der Waals surface area contributed by atoms with Crippen LogP contribution in [0.25, 0.3) is 0 Å². The molecule has 0 atom stereocenters. The minimum atomic E-state index is -0.583. The van der Waals surface area contributed by atoms with Crippen LogP contribution in [-0.4, -0.2) is 54.8 Å². The van der Waals surface area contributed by atoms with Crippen molar-refractivity contribution in [3.8, 4) is 6.07 Å². The number of esters is 1. The molecule has 8 heteroatoms. The third kappa shape index (κ3) is 6.72. The van der Waals surface area contributed by atoms with Crippen molar-refractivity contribution in [3.63, 3.8) is 0 Å². The lowest BCUT2D eigenvalue weighted by Crippen LogP contribution is -2.25. The summed E-state index contributed by atoms with van der Waals surface area (Å²) in [6, 6.07) is 10.1. The minimum absolute atomic E-state index is 0.0629. The second-order valence-corrected chi connectivity index (χ2v) is 10.4. The summed E-state index contributed by atoms with van der Waals surface area (Å²) in [4.78, 5) is 15.8. The maximum Gasteiger partial charge on any atom is 0.351 e. The number of benzene rings is 1. The Kier molecular flexibility index (Phi) is 9.72. The molecule has 3 rings (SSSR count). The molecular formula is C23H28N2O3S3. The van der Waals surface area contributed by atoms with Gasteiger partial charge in [-0.05, 0) is 18.6 Å². The van der Waals surface area contributed by atoms with Crippen molar-refractivity contribution in [2.24, 2.45) is 0 Å². The molecule has 0 aromatic heterocycles. The first-order valence-electron chi connectivity index (χ1n) is 10.4. The lowest BCUT2D eigenvalue weighted by molar-refractivity contribution is -0.140. The fraction of sp³-hybridized carbons (Fsp3) is 0.478.